The van der Waals surface area contributed by atoms with E-state index in [1.807, 2.05) is 6.92 Å². The molecule has 8 nitrogen and oxygen atoms in total. The smallest absolute Gasteiger partial charge is 0.325 e. The fourth-order valence-electron chi connectivity index (χ4n) is 2.06. The second kappa shape index (κ2) is 8.83. The lowest BCUT2D eigenvalue weighted by Crippen LogP contribution is -2.55. The maximum Gasteiger partial charge on any atom is 0.325 e. The van der Waals surface area contributed by atoms with Crippen LogP contribution >= 0.6 is 0 Å². The fraction of sp³-hybridized carbons (Fsp3) is 0.769. The van der Waals surface area contributed by atoms with Crippen molar-refractivity contribution in [2.45, 2.75) is 44.8 Å². The lowest BCUT2D eigenvalue weighted by molar-refractivity contribution is -0.168. The van der Waals surface area contributed by atoms with Crippen molar-refractivity contribution < 1.29 is 39.9 Å². The van der Waals surface area contributed by atoms with Gasteiger partial charge in [0.05, 0.1) is 13.2 Å². The Labute approximate surface area is 122 Å². The number of hydrogen-bond donors (Lipinski definition) is 5. The van der Waals surface area contributed by atoms with Crippen LogP contribution in [0.3, 0.4) is 0 Å². The van der Waals surface area contributed by atoms with E-state index in [0.29, 0.717) is 12.8 Å². The van der Waals surface area contributed by atoms with E-state index in [2.05, 4.69) is 0 Å². The average Bonchev–Trinajstić information content (AvgIpc) is 2.48. The number of aliphatic hydroxyl groups excluding tert-OH is 4. The Hall–Kier alpha value is -1.35. The third kappa shape index (κ3) is 4.31. The molecule has 2 atom stereocenters. The number of aliphatic carboxylic acids is 1. The molecule has 0 aromatic heterocycles. The molecule has 8 heteroatoms. The van der Waals surface area contributed by atoms with Crippen molar-refractivity contribution in [3.8, 4) is 0 Å². The molecule has 0 aromatic carbocycles. The van der Waals surface area contributed by atoms with Crippen molar-refractivity contribution in [1.82, 2.24) is 0 Å². The van der Waals surface area contributed by atoms with E-state index in [-0.39, 0.29) is 6.42 Å². The summed E-state index contributed by atoms with van der Waals surface area (Å²) in [6.45, 7) is -0.245. The van der Waals surface area contributed by atoms with Gasteiger partial charge in [-0.1, -0.05) is 26.2 Å². The monoisotopic (exact) mass is 306 g/mol. The summed E-state index contributed by atoms with van der Waals surface area (Å²) in [7, 11) is 0. The molecular formula is C13H22O8. The number of rotatable bonds is 11. The van der Waals surface area contributed by atoms with Crippen LogP contribution in [0.5, 0.6) is 0 Å². The van der Waals surface area contributed by atoms with E-state index >= 15 is 0 Å². The molecule has 0 fully saturated rings. The van der Waals surface area contributed by atoms with E-state index in [1.54, 1.807) is 0 Å². The topological polar surface area (TPSA) is 152 Å². The van der Waals surface area contributed by atoms with E-state index in [9.17, 15) is 29.7 Å². The minimum atomic E-state index is -2.67. The standard InChI is InChI=1S/C13H22O8/c1-2-3-4-5-13(12(20)21,10(18)8(16)6-14)11(19)9(17)7-15/h8-9,14-17H,2-7H2,1H3,(H,20,21). The van der Waals surface area contributed by atoms with Gasteiger partial charge in [-0.3, -0.25) is 14.4 Å². The van der Waals surface area contributed by atoms with Crippen LogP contribution in [-0.2, 0) is 14.4 Å². The number of carboxylic acid groups (broad SMARTS) is 1. The summed E-state index contributed by atoms with van der Waals surface area (Å²) in [4.78, 5) is 35.7. The van der Waals surface area contributed by atoms with Crippen LogP contribution in [0.15, 0.2) is 0 Å². The van der Waals surface area contributed by atoms with Crippen LogP contribution in [0.25, 0.3) is 0 Å². The number of ketones is 2. The number of Topliss-reactive ketones (excluding diaryl/α,β-unsaturated/α-hetero) is 2. The molecule has 0 heterocycles. The van der Waals surface area contributed by atoms with Crippen LogP contribution in [0, 0.1) is 5.41 Å². The Kier molecular flexibility index (Phi) is 8.26. The zero-order chi connectivity index (χ0) is 16.6. The predicted molar refractivity (Wildman–Crippen MR) is 70.4 cm³/mol. The molecule has 0 aliphatic heterocycles. The van der Waals surface area contributed by atoms with Crippen LogP contribution in [0.4, 0.5) is 0 Å². The van der Waals surface area contributed by atoms with Crippen molar-refractivity contribution in [2.75, 3.05) is 13.2 Å². The summed E-state index contributed by atoms with van der Waals surface area (Å²) in [6.07, 6.45) is -3.06. The van der Waals surface area contributed by atoms with E-state index in [0.717, 1.165) is 0 Å². The van der Waals surface area contributed by atoms with Crippen molar-refractivity contribution in [1.29, 1.82) is 0 Å². The minimum Gasteiger partial charge on any atom is -0.480 e. The Morgan fingerprint density at radius 3 is 1.67 bits per heavy atom. The molecule has 21 heavy (non-hydrogen) atoms. The summed E-state index contributed by atoms with van der Waals surface area (Å²) in [6, 6.07) is 0. The minimum absolute atomic E-state index is 0.205. The number of carbonyl (C=O) groups excluding carboxylic acids is 2. The number of unbranched alkanes of at least 4 members (excludes halogenated alkanes) is 2. The van der Waals surface area contributed by atoms with Crippen molar-refractivity contribution in [3.63, 3.8) is 0 Å². The number of carbonyl (C=O) groups is 3. The maximum atomic E-state index is 12.1. The van der Waals surface area contributed by atoms with Gasteiger partial charge < -0.3 is 25.5 Å². The molecule has 0 rings (SSSR count). The zero-order valence-electron chi connectivity index (χ0n) is 11.9. The summed E-state index contributed by atoms with van der Waals surface area (Å²) in [5.74, 6) is -4.58. The average molecular weight is 306 g/mol. The van der Waals surface area contributed by atoms with Crippen molar-refractivity contribution in [2.24, 2.45) is 5.41 Å². The Morgan fingerprint density at radius 2 is 1.38 bits per heavy atom. The lowest BCUT2D eigenvalue weighted by Gasteiger charge is -2.29. The number of hydrogen-bond acceptors (Lipinski definition) is 7. The second-order valence-electron chi connectivity index (χ2n) is 4.79. The number of aliphatic hydroxyl groups is 4. The van der Waals surface area contributed by atoms with Gasteiger partial charge in [0.25, 0.3) is 0 Å². The second-order valence-corrected chi connectivity index (χ2v) is 4.79. The largest absolute Gasteiger partial charge is 0.480 e. The molecule has 122 valence electrons. The van der Waals surface area contributed by atoms with Crippen LogP contribution < -0.4 is 0 Å². The van der Waals surface area contributed by atoms with Crippen molar-refractivity contribution >= 4 is 17.5 Å². The van der Waals surface area contributed by atoms with Gasteiger partial charge in [0.15, 0.2) is 17.0 Å². The lowest BCUT2D eigenvalue weighted by atomic mass is 9.71. The van der Waals surface area contributed by atoms with Gasteiger partial charge in [0.1, 0.15) is 12.2 Å². The van der Waals surface area contributed by atoms with E-state index in [1.165, 1.54) is 0 Å². The first-order valence-corrected chi connectivity index (χ1v) is 6.69. The summed E-state index contributed by atoms with van der Waals surface area (Å²) in [5, 5.41) is 45.8. The highest BCUT2D eigenvalue weighted by molar-refractivity contribution is 6.24. The van der Waals surface area contributed by atoms with Gasteiger partial charge in [0.2, 0.25) is 0 Å². The Morgan fingerprint density at radius 1 is 0.952 bits per heavy atom. The van der Waals surface area contributed by atoms with Gasteiger partial charge in [-0.15, -0.1) is 0 Å². The SMILES string of the molecule is CCCCCC(C(=O)O)(C(=O)C(O)CO)C(=O)C(O)CO. The quantitative estimate of drug-likeness (QED) is 0.228. The Balaban J connectivity index is 5.70. The van der Waals surface area contributed by atoms with E-state index < -0.39 is 54.8 Å². The van der Waals surface area contributed by atoms with Crippen LogP contribution in [0.2, 0.25) is 0 Å². The highest BCUT2D eigenvalue weighted by Gasteiger charge is 2.55. The van der Waals surface area contributed by atoms with E-state index in [4.69, 9.17) is 10.2 Å². The van der Waals surface area contributed by atoms with Gasteiger partial charge in [-0.2, -0.15) is 0 Å². The molecule has 5 N–H and O–H groups in total. The molecule has 0 aromatic rings. The highest BCUT2D eigenvalue weighted by Crippen LogP contribution is 2.31. The predicted octanol–water partition coefficient (Wildman–Crippen LogP) is -1.52. The highest BCUT2D eigenvalue weighted by atomic mass is 16.4. The molecule has 0 amide bonds. The normalized spacial score (nSPS) is 16.8. The van der Waals surface area contributed by atoms with Gasteiger partial charge in [-0.05, 0) is 6.42 Å². The molecule has 0 saturated heterocycles. The van der Waals surface area contributed by atoms with Gasteiger partial charge in [0, 0.05) is 0 Å². The fourth-order valence-corrected chi connectivity index (χ4v) is 2.06. The summed E-state index contributed by atoms with van der Waals surface area (Å²) >= 11 is 0. The molecule has 0 aliphatic rings. The molecule has 0 radical (unpaired) electrons. The maximum absolute atomic E-state index is 12.1. The summed E-state index contributed by atoms with van der Waals surface area (Å²) in [5.41, 5.74) is -2.67. The first kappa shape index (κ1) is 19.7. The molecular weight excluding hydrogens is 284 g/mol. The van der Waals surface area contributed by atoms with Crippen LogP contribution in [0.1, 0.15) is 32.6 Å². The molecule has 0 saturated carbocycles. The Bertz CT molecular complexity index is 356. The first-order chi connectivity index (χ1) is 9.79. The van der Waals surface area contributed by atoms with Crippen LogP contribution in [-0.4, -0.2) is 68.5 Å². The molecule has 0 bridgehead atoms. The van der Waals surface area contributed by atoms with Gasteiger partial charge in [-0.25, -0.2) is 0 Å². The molecule has 2 unspecified atom stereocenters. The first-order valence-electron chi connectivity index (χ1n) is 6.69. The molecule has 0 aliphatic carbocycles. The molecule has 0 spiro atoms. The zero-order valence-corrected chi connectivity index (χ0v) is 11.9. The third-order valence-electron chi connectivity index (χ3n) is 3.31. The van der Waals surface area contributed by atoms with Crippen molar-refractivity contribution in [3.05, 3.63) is 0 Å². The summed E-state index contributed by atoms with van der Waals surface area (Å²) < 4.78 is 0. The number of carboxylic acids is 1. The third-order valence-corrected chi connectivity index (χ3v) is 3.31. The van der Waals surface area contributed by atoms with Gasteiger partial charge >= 0.3 is 5.97 Å².